The van der Waals surface area contributed by atoms with E-state index in [1.54, 1.807) is 0 Å². The predicted octanol–water partition coefficient (Wildman–Crippen LogP) is 3.98. The Morgan fingerprint density at radius 1 is 0.727 bits per heavy atom. The van der Waals surface area contributed by atoms with Crippen molar-refractivity contribution in [1.29, 1.82) is 0 Å². The van der Waals surface area contributed by atoms with Gasteiger partial charge in [0, 0.05) is 23.7 Å². The molecule has 0 aromatic heterocycles. The quantitative estimate of drug-likeness (QED) is 0.734. The summed E-state index contributed by atoms with van der Waals surface area (Å²) in [6, 6.07) is 0. The molecule has 4 rings (SSSR count). The first-order chi connectivity index (χ1) is 10.1. The Labute approximate surface area is 134 Å². The molecule has 0 amide bonds. The second kappa shape index (κ2) is 4.05. The first-order valence-corrected chi connectivity index (χ1v) is 9.17. The maximum Gasteiger partial charge on any atom is 0.140 e. The van der Waals surface area contributed by atoms with Gasteiger partial charge in [-0.05, 0) is 47.3 Å². The molecule has 0 spiro atoms. The van der Waals surface area contributed by atoms with Gasteiger partial charge in [-0.2, -0.15) is 0 Å². The van der Waals surface area contributed by atoms with Crippen molar-refractivity contribution in [3.05, 3.63) is 0 Å². The summed E-state index contributed by atoms with van der Waals surface area (Å²) in [7, 11) is 0. The average molecular weight is 302 g/mol. The van der Waals surface area contributed by atoms with Crippen LogP contribution in [-0.2, 0) is 9.59 Å². The normalized spacial score (nSPS) is 54.5. The Balaban J connectivity index is 1.72. The van der Waals surface area contributed by atoms with E-state index in [9.17, 15) is 9.59 Å². The van der Waals surface area contributed by atoms with Gasteiger partial charge in [0.15, 0.2) is 0 Å². The molecule has 2 nitrogen and oxygen atoms in total. The van der Waals surface area contributed by atoms with Gasteiger partial charge in [0.25, 0.3) is 0 Å². The molecule has 4 fully saturated rings. The number of carbonyl (C=O) groups is 2. The van der Waals surface area contributed by atoms with Gasteiger partial charge in [-0.1, -0.05) is 41.5 Å². The fraction of sp³-hybridized carbons (Fsp3) is 0.900. The molecule has 0 radical (unpaired) electrons. The number of carbonyl (C=O) groups excluding carboxylic acids is 2. The van der Waals surface area contributed by atoms with Crippen LogP contribution in [0.15, 0.2) is 0 Å². The van der Waals surface area contributed by atoms with E-state index in [0.29, 0.717) is 35.2 Å². The van der Waals surface area contributed by atoms with E-state index in [0.717, 1.165) is 12.8 Å². The highest BCUT2D eigenvalue weighted by molar-refractivity contribution is 5.96. The highest BCUT2D eigenvalue weighted by Crippen LogP contribution is 2.68. The van der Waals surface area contributed by atoms with Crippen LogP contribution in [0, 0.1) is 58.2 Å². The van der Waals surface area contributed by atoms with E-state index in [-0.39, 0.29) is 34.5 Å². The van der Waals surface area contributed by atoms with E-state index in [1.807, 2.05) is 0 Å². The smallest absolute Gasteiger partial charge is 0.140 e. The molecular weight excluding hydrogens is 272 g/mol. The minimum absolute atomic E-state index is 0.0328. The van der Waals surface area contributed by atoms with Gasteiger partial charge in [-0.3, -0.25) is 9.59 Å². The highest BCUT2D eigenvalue weighted by Gasteiger charge is 2.68. The van der Waals surface area contributed by atoms with Crippen molar-refractivity contribution in [2.24, 2.45) is 58.2 Å². The third-order valence-electron chi connectivity index (χ3n) is 9.12. The van der Waals surface area contributed by atoms with Crippen molar-refractivity contribution >= 4 is 11.6 Å². The Bertz CT molecular complexity index is 508. The van der Waals surface area contributed by atoms with Gasteiger partial charge in [0.05, 0.1) is 0 Å². The van der Waals surface area contributed by atoms with E-state index >= 15 is 0 Å². The number of fused-ring (bicyclic) bond motifs is 4. The van der Waals surface area contributed by atoms with E-state index in [2.05, 4.69) is 41.5 Å². The summed E-state index contributed by atoms with van der Waals surface area (Å²) in [6.07, 6.45) is 2.07. The Hall–Kier alpha value is -0.660. The lowest BCUT2D eigenvalue weighted by atomic mass is 9.55. The van der Waals surface area contributed by atoms with Crippen LogP contribution in [0.25, 0.3) is 0 Å². The predicted molar refractivity (Wildman–Crippen MR) is 86.1 cm³/mol. The molecule has 0 aromatic carbocycles. The number of hydrogen-bond acceptors (Lipinski definition) is 2. The Morgan fingerprint density at radius 2 is 1.05 bits per heavy atom. The summed E-state index contributed by atoms with van der Waals surface area (Å²) in [5.74, 6) is 3.19. The minimum atomic E-state index is 0.0328. The molecule has 22 heavy (non-hydrogen) atoms. The molecule has 0 aliphatic heterocycles. The minimum Gasteiger partial charge on any atom is -0.299 e. The van der Waals surface area contributed by atoms with Gasteiger partial charge < -0.3 is 0 Å². The van der Waals surface area contributed by atoms with Crippen molar-refractivity contribution in [1.82, 2.24) is 0 Å². The zero-order valence-corrected chi connectivity index (χ0v) is 14.8. The lowest BCUT2D eigenvalue weighted by Crippen LogP contribution is -2.50. The summed E-state index contributed by atoms with van der Waals surface area (Å²) in [5, 5.41) is 0. The molecule has 8 atom stereocenters. The maximum absolute atomic E-state index is 13.0. The highest BCUT2D eigenvalue weighted by atomic mass is 16.1. The van der Waals surface area contributed by atoms with Crippen molar-refractivity contribution in [2.45, 2.75) is 54.4 Å². The van der Waals surface area contributed by atoms with Crippen LogP contribution in [0.1, 0.15) is 54.4 Å². The number of Topliss-reactive ketones (excluding diaryl/α,β-unsaturated/α-hetero) is 2. The van der Waals surface area contributed by atoms with Crippen LogP contribution in [0.5, 0.6) is 0 Å². The molecule has 0 heterocycles. The average Bonchev–Trinajstić information content (AvgIpc) is 3.06. The number of ketones is 2. The molecule has 4 aliphatic rings. The molecular formula is C20H30O2. The van der Waals surface area contributed by atoms with Gasteiger partial charge in [0.1, 0.15) is 11.6 Å². The van der Waals surface area contributed by atoms with Gasteiger partial charge >= 0.3 is 0 Å². The van der Waals surface area contributed by atoms with Gasteiger partial charge in [0.2, 0.25) is 0 Å². The van der Waals surface area contributed by atoms with Crippen LogP contribution in [0.2, 0.25) is 0 Å². The van der Waals surface area contributed by atoms with E-state index in [4.69, 9.17) is 0 Å². The van der Waals surface area contributed by atoms with E-state index in [1.165, 1.54) is 0 Å². The maximum atomic E-state index is 13.0. The van der Waals surface area contributed by atoms with Crippen LogP contribution in [0.4, 0.5) is 0 Å². The molecule has 0 aromatic rings. The summed E-state index contributed by atoms with van der Waals surface area (Å²) in [4.78, 5) is 26.0. The second-order valence-corrected chi connectivity index (χ2v) is 9.97. The summed E-state index contributed by atoms with van der Waals surface area (Å²) in [5.41, 5.74) is 0.419. The van der Waals surface area contributed by atoms with Crippen molar-refractivity contribution in [3.8, 4) is 0 Å². The third-order valence-corrected chi connectivity index (χ3v) is 9.12. The fourth-order valence-electron chi connectivity index (χ4n) is 6.96. The zero-order chi connectivity index (χ0) is 16.2. The summed E-state index contributed by atoms with van der Waals surface area (Å²) < 4.78 is 0. The Morgan fingerprint density at radius 3 is 1.32 bits per heavy atom. The monoisotopic (exact) mass is 302 g/mol. The number of rotatable bonds is 1. The topological polar surface area (TPSA) is 34.1 Å². The first-order valence-electron chi connectivity index (χ1n) is 9.17. The van der Waals surface area contributed by atoms with Gasteiger partial charge in [-0.15, -0.1) is 0 Å². The van der Waals surface area contributed by atoms with Crippen LogP contribution in [0.3, 0.4) is 0 Å². The summed E-state index contributed by atoms with van der Waals surface area (Å²) in [6.45, 7) is 13.8. The zero-order valence-electron chi connectivity index (χ0n) is 14.8. The third kappa shape index (κ3) is 1.43. The van der Waals surface area contributed by atoms with Crippen molar-refractivity contribution in [2.75, 3.05) is 0 Å². The lowest BCUT2D eigenvalue weighted by molar-refractivity contribution is -0.145. The van der Waals surface area contributed by atoms with E-state index < -0.39 is 0 Å². The summed E-state index contributed by atoms with van der Waals surface area (Å²) >= 11 is 0. The molecule has 4 bridgehead atoms. The molecule has 0 N–H and O–H groups in total. The van der Waals surface area contributed by atoms with Crippen LogP contribution in [-0.4, -0.2) is 11.6 Å². The largest absolute Gasteiger partial charge is 0.299 e. The molecule has 4 saturated carbocycles. The van der Waals surface area contributed by atoms with Crippen LogP contribution < -0.4 is 0 Å². The standard InChI is InChI=1S/C20H30O2/c1-9-11-7-13(19(9,3)4)15(17(11)21)16-14-8-12(18(16)22)10(2)20(14,5)6/h9-16H,7-8H2,1-6H3/t9-,10+,11-,12-,13-,14+,15-,16+/m1/s1. The molecule has 0 unspecified atom stereocenters. The van der Waals surface area contributed by atoms with Crippen LogP contribution >= 0.6 is 0 Å². The van der Waals surface area contributed by atoms with Crippen molar-refractivity contribution in [3.63, 3.8) is 0 Å². The molecule has 122 valence electrons. The number of hydrogen-bond donors (Lipinski definition) is 0. The first kappa shape index (κ1) is 14.9. The molecule has 2 heteroatoms. The van der Waals surface area contributed by atoms with Gasteiger partial charge in [-0.25, -0.2) is 0 Å². The SMILES string of the molecule is C[C@@H]1[C@H]2C[C@H]([C@H]([C@H]3C(=O)[C@@H]4C[C@@H]3C(C)(C)[C@H]4C)C2=O)C1(C)C. The lowest BCUT2D eigenvalue weighted by Gasteiger charge is -2.47. The molecule has 0 saturated heterocycles. The molecule has 4 aliphatic carbocycles. The van der Waals surface area contributed by atoms with Crippen molar-refractivity contribution < 1.29 is 9.59 Å². The second-order valence-electron chi connectivity index (χ2n) is 9.97. The Kier molecular flexibility index (Phi) is 2.74. The fourth-order valence-corrected chi connectivity index (χ4v) is 6.96.